The molecule has 6 rings (SSSR count). The Morgan fingerprint density at radius 2 is 0.725 bits per heavy atom. The quantitative estimate of drug-likeness (QED) is 0.182. The summed E-state index contributed by atoms with van der Waals surface area (Å²) in [6.07, 6.45) is 8.00. The smallest absolute Gasteiger partial charge is 0.211 e. The monoisotopic (exact) mass is 518 g/mol. The molecule has 4 aromatic carbocycles. The van der Waals surface area contributed by atoms with Gasteiger partial charge in [0.15, 0.2) is 36.4 Å². The van der Waals surface area contributed by atoms with Gasteiger partial charge in [-0.3, -0.25) is 9.59 Å². The predicted octanol–water partition coefficient (Wildman–Crippen LogP) is 6.37. The van der Waals surface area contributed by atoms with E-state index in [4.69, 9.17) is 0 Å². The molecule has 0 aliphatic heterocycles. The lowest BCUT2D eigenvalue weighted by atomic mass is 10.0. The Balaban J connectivity index is 1.20. The van der Waals surface area contributed by atoms with E-state index in [2.05, 4.69) is 24.3 Å². The van der Waals surface area contributed by atoms with Gasteiger partial charge in [-0.05, 0) is 11.1 Å². The fraction of sp³-hybridized carbons (Fsp3) is 0. The lowest BCUT2D eigenvalue weighted by Crippen LogP contribution is -2.30. The molecule has 0 fully saturated rings. The molecule has 6 aromatic rings. The van der Waals surface area contributed by atoms with Crippen molar-refractivity contribution in [2.45, 2.75) is 0 Å². The number of aromatic nitrogens is 2. The number of benzene rings is 4. The normalized spacial score (nSPS) is 10.7. The number of hydrogen-bond acceptors (Lipinski definition) is 2. The highest BCUT2D eigenvalue weighted by Gasteiger charge is 2.15. The topological polar surface area (TPSA) is 41.9 Å². The van der Waals surface area contributed by atoms with Gasteiger partial charge in [0.2, 0.25) is 11.4 Å². The first-order chi connectivity index (χ1) is 19.7. The molecule has 4 nitrogen and oxygen atoms in total. The Morgan fingerprint density at radius 1 is 0.375 bits per heavy atom. The lowest BCUT2D eigenvalue weighted by Gasteiger charge is -2.04. The third-order valence-electron chi connectivity index (χ3n) is 6.88. The predicted molar refractivity (Wildman–Crippen MR) is 155 cm³/mol. The maximum Gasteiger partial charge on any atom is 0.211 e. The van der Waals surface area contributed by atoms with Gasteiger partial charge in [0.05, 0.1) is 0 Å². The molecule has 2 aromatic heterocycles. The number of hydrogen-bond donors (Lipinski definition) is 0. The van der Waals surface area contributed by atoms with Gasteiger partial charge < -0.3 is 0 Å². The van der Waals surface area contributed by atoms with Gasteiger partial charge in [-0.2, -0.15) is 9.13 Å². The van der Waals surface area contributed by atoms with Crippen LogP contribution in [0.5, 0.6) is 0 Å². The molecule has 40 heavy (non-hydrogen) atoms. The van der Waals surface area contributed by atoms with Crippen molar-refractivity contribution >= 4 is 11.6 Å². The molecule has 0 aliphatic carbocycles. The molecule has 0 radical (unpaired) electrons. The zero-order chi connectivity index (χ0) is 27.3. The van der Waals surface area contributed by atoms with Crippen LogP contribution in [-0.4, -0.2) is 11.6 Å². The fourth-order valence-corrected chi connectivity index (χ4v) is 4.71. The molecule has 0 spiro atoms. The van der Waals surface area contributed by atoms with Crippen molar-refractivity contribution in [1.29, 1.82) is 0 Å². The molecule has 0 N–H and O–H groups in total. The Kier molecular flexibility index (Phi) is 6.89. The Morgan fingerprint density at radius 3 is 1.10 bits per heavy atom. The SMILES string of the molecule is O=C(c1ccccc1)c1cccc(-[n+]2ccc(-c3cc[n+](-c4cccc(C(=O)c5ccccc5)c4)cc3)cc2)c1. The molecule has 190 valence electrons. The lowest BCUT2D eigenvalue weighted by molar-refractivity contribution is -0.596. The van der Waals surface area contributed by atoms with E-state index in [-0.39, 0.29) is 11.6 Å². The summed E-state index contributed by atoms with van der Waals surface area (Å²) in [5, 5.41) is 0. The summed E-state index contributed by atoms with van der Waals surface area (Å²) < 4.78 is 4.01. The minimum absolute atomic E-state index is 0.00669. The van der Waals surface area contributed by atoms with Crippen LogP contribution in [0.4, 0.5) is 0 Å². The highest BCUT2D eigenvalue weighted by Crippen LogP contribution is 2.18. The molecule has 4 heteroatoms. The number of rotatable bonds is 7. The molecule has 0 unspecified atom stereocenters. The van der Waals surface area contributed by atoms with Crippen molar-refractivity contribution in [3.63, 3.8) is 0 Å². The van der Waals surface area contributed by atoms with Crippen LogP contribution in [0.2, 0.25) is 0 Å². The van der Waals surface area contributed by atoms with Crippen molar-refractivity contribution in [3.8, 4) is 22.5 Å². The van der Waals surface area contributed by atoms with E-state index in [1.165, 1.54) is 0 Å². The Labute approximate surface area is 233 Å². The minimum Gasteiger partial charge on any atom is -0.289 e. The summed E-state index contributed by atoms with van der Waals surface area (Å²) in [4.78, 5) is 25.8. The van der Waals surface area contributed by atoms with Crippen molar-refractivity contribution in [2.24, 2.45) is 0 Å². The van der Waals surface area contributed by atoms with E-state index < -0.39 is 0 Å². The first-order valence-electron chi connectivity index (χ1n) is 13.1. The number of carbonyl (C=O) groups is 2. The molecule has 0 atom stereocenters. The van der Waals surface area contributed by atoms with Gasteiger partial charge in [0.1, 0.15) is 0 Å². The molecule has 0 amide bonds. The van der Waals surface area contributed by atoms with Gasteiger partial charge in [0.25, 0.3) is 0 Å². The van der Waals surface area contributed by atoms with Crippen molar-refractivity contribution in [2.75, 3.05) is 0 Å². The van der Waals surface area contributed by atoms with E-state index in [1.807, 2.05) is 143 Å². The van der Waals surface area contributed by atoms with Crippen molar-refractivity contribution < 1.29 is 18.7 Å². The van der Waals surface area contributed by atoms with Crippen molar-refractivity contribution in [1.82, 2.24) is 0 Å². The number of nitrogens with zero attached hydrogens (tertiary/aromatic N) is 2. The van der Waals surface area contributed by atoms with Gasteiger partial charge in [-0.1, -0.05) is 84.9 Å². The fourth-order valence-electron chi connectivity index (χ4n) is 4.71. The third-order valence-corrected chi connectivity index (χ3v) is 6.88. The van der Waals surface area contributed by atoms with Gasteiger partial charge in [-0.15, -0.1) is 0 Å². The molecule has 0 saturated carbocycles. The standard InChI is InChI=1S/C36H26N2O2/c39-35(29-9-3-1-4-10-29)31-13-7-15-33(25-31)37-21-17-27(18-22-37)28-19-23-38(24-20-28)34-16-8-14-32(26-34)36(40)30-11-5-2-6-12-30/h1-26H/q+2. The van der Waals surface area contributed by atoms with Crippen LogP contribution in [-0.2, 0) is 0 Å². The highest BCUT2D eigenvalue weighted by atomic mass is 16.1. The van der Waals surface area contributed by atoms with Gasteiger partial charge >= 0.3 is 0 Å². The molecule has 0 bridgehead atoms. The Bertz CT molecular complexity index is 1660. The summed E-state index contributed by atoms with van der Waals surface area (Å²) in [6.45, 7) is 0. The van der Waals surface area contributed by atoms with Crippen LogP contribution in [0.1, 0.15) is 31.8 Å². The van der Waals surface area contributed by atoms with E-state index in [9.17, 15) is 9.59 Å². The van der Waals surface area contributed by atoms with E-state index in [1.54, 1.807) is 0 Å². The van der Waals surface area contributed by atoms with Crippen LogP contribution in [0.3, 0.4) is 0 Å². The van der Waals surface area contributed by atoms with E-state index >= 15 is 0 Å². The van der Waals surface area contributed by atoms with Gasteiger partial charge in [-0.25, -0.2) is 0 Å². The zero-order valence-corrected chi connectivity index (χ0v) is 21.7. The van der Waals surface area contributed by atoms with Gasteiger partial charge in [0, 0.05) is 70.8 Å². The van der Waals surface area contributed by atoms with E-state index in [0.717, 1.165) is 22.5 Å². The van der Waals surface area contributed by atoms with Crippen LogP contribution in [0.15, 0.2) is 158 Å². The molecule has 0 aliphatic rings. The average Bonchev–Trinajstić information content (AvgIpc) is 3.05. The number of pyridine rings is 2. The zero-order valence-electron chi connectivity index (χ0n) is 21.7. The second kappa shape index (κ2) is 11.1. The maximum absolute atomic E-state index is 12.9. The van der Waals surface area contributed by atoms with Crippen LogP contribution in [0, 0.1) is 0 Å². The van der Waals surface area contributed by atoms with E-state index in [0.29, 0.717) is 22.3 Å². The maximum atomic E-state index is 12.9. The molecular formula is C36H26N2O2+2. The highest BCUT2D eigenvalue weighted by molar-refractivity contribution is 6.09. The largest absolute Gasteiger partial charge is 0.289 e. The molecule has 0 saturated heterocycles. The summed E-state index contributed by atoms with van der Waals surface area (Å²) in [5.74, 6) is 0.0134. The number of ketones is 2. The summed E-state index contributed by atoms with van der Waals surface area (Å²) in [7, 11) is 0. The summed E-state index contributed by atoms with van der Waals surface area (Å²) in [5.41, 5.74) is 6.66. The molecular weight excluding hydrogens is 492 g/mol. The molecule has 2 heterocycles. The van der Waals surface area contributed by atoms with Crippen LogP contribution < -0.4 is 9.13 Å². The second-order valence-corrected chi connectivity index (χ2v) is 9.48. The van der Waals surface area contributed by atoms with Crippen LogP contribution >= 0.6 is 0 Å². The number of carbonyl (C=O) groups excluding carboxylic acids is 2. The first-order valence-corrected chi connectivity index (χ1v) is 13.1. The summed E-state index contributed by atoms with van der Waals surface area (Å²) in [6, 6.07) is 42.2. The van der Waals surface area contributed by atoms with Crippen LogP contribution in [0.25, 0.3) is 22.5 Å². The average molecular weight is 519 g/mol. The second-order valence-electron chi connectivity index (χ2n) is 9.48. The van der Waals surface area contributed by atoms with Crippen molar-refractivity contribution in [3.05, 3.63) is 181 Å². The summed E-state index contributed by atoms with van der Waals surface area (Å²) >= 11 is 0. The Hall–Kier alpha value is -5.48. The first kappa shape index (κ1) is 24.8. The third kappa shape index (κ3) is 5.24. The minimum atomic E-state index is 0.00669.